The second-order valence-corrected chi connectivity index (χ2v) is 9.77. The Morgan fingerprint density at radius 3 is 2.16 bits per heavy atom. The van der Waals surface area contributed by atoms with Gasteiger partial charge in [-0.15, -0.1) is 0 Å². The van der Waals surface area contributed by atoms with Gasteiger partial charge in [0.25, 0.3) is 0 Å². The average Bonchev–Trinajstić information content (AvgIpc) is 2.78. The first-order chi connectivity index (χ1) is 14.9. The lowest BCUT2D eigenvalue weighted by molar-refractivity contribution is -0.132. The highest BCUT2D eigenvalue weighted by Gasteiger charge is 2.20. The minimum absolute atomic E-state index is 0.0660. The van der Waals surface area contributed by atoms with Crippen molar-refractivity contribution in [3.05, 3.63) is 95.3 Å². The minimum atomic E-state index is -3.52. The van der Waals surface area contributed by atoms with Gasteiger partial charge in [0.05, 0.1) is 10.6 Å². The van der Waals surface area contributed by atoms with Gasteiger partial charge >= 0.3 is 0 Å². The molecule has 0 aliphatic carbocycles. The van der Waals surface area contributed by atoms with E-state index in [-0.39, 0.29) is 23.0 Å². The zero-order chi connectivity index (χ0) is 22.3. The fourth-order valence-electron chi connectivity index (χ4n) is 3.29. The van der Waals surface area contributed by atoms with Crippen LogP contribution in [-0.4, -0.2) is 30.0 Å². The van der Waals surface area contributed by atoms with Crippen molar-refractivity contribution in [3.63, 3.8) is 0 Å². The summed E-state index contributed by atoms with van der Waals surface area (Å²) in [5.41, 5.74) is 4.14. The highest BCUT2D eigenvalue weighted by molar-refractivity contribution is 7.91. The van der Waals surface area contributed by atoms with Gasteiger partial charge in [-0.1, -0.05) is 55.0 Å². The molecular weight excluding hydrogens is 408 g/mol. The molecule has 6 heteroatoms. The molecule has 3 aromatic rings. The first-order valence-electron chi connectivity index (χ1n) is 10.4. The average molecular weight is 437 g/mol. The lowest BCUT2D eigenvalue weighted by Crippen LogP contribution is -2.31. The third-order valence-electron chi connectivity index (χ3n) is 5.22. The van der Waals surface area contributed by atoms with E-state index in [1.807, 2.05) is 31.2 Å². The van der Waals surface area contributed by atoms with Crippen molar-refractivity contribution < 1.29 is 13.2 Å². The topological polar surface area (TPSA) is 67.3 Å². The summed E-state index contributed by atoms with van der Waals surface area (Å²) >= 11 is 0. The number of nitrogens with zero attached hydrogens (tertiary/aromatic N) is 2. The van der Waals surface area contributed by atoms with Gasteiger partial charge in [0.2, 0.25) is 5.91 Å². The van der Waals surface area contributed by atoms with Crippen LogP contribution in [0.2, 0.25) is 0 Å². The normalized spacial score (nSPS) is 11.3. The molecule has 0 atom stereocenters. The van der Waals surface area contributed by atoms with Gasteiger partial charge in [0.1, 0.15) is 0 Å². The zero-order valence-electron chi connectivity index (χ0n) is 18.0. The molecule has 0 spiro atoms. The predicted octanol–water partition coefficient (Wildman–Crippen LogP) is 4.35. The van der Waals surface area contributed by atoms with Crippen molar-refractivity contribution in [1.82, 2.24) is 9.88 Å². The molecule has 0 saturated carbocycles. The Morgan fingerprint density at radius 2 is 1.55 bits per heavy atom. The van der Waals surface area contributed by atoms with E-state index in [1.165, 1.54) is 5.56 Å². The summed E-state index contributed by atoms with van der Waals surface area (Å²) in [6.45, 7) is 4.81. The molecule has 0 aliphatic rings. The van der Waals surface area contributed by atoms with E-state index in [1.54, 1.807) is 41.6 Å². The van der Waals surface area contributed by atoms with Crippen molar-refractivity contribution in [2.24, 2.45) is 0 Å². The van der Waals surface area contributed by atoms with Gasteiger partial charge in [-0.3, -0.25) is 9.78 Å². The Bertz CT molecular complexity index is 1090. The van der Waals surface area contributed by atoms with E-state index >= 15 is 0 Å². The molecule has 0 N–H and O–H groups in total. The van der Waals surface area contributed by atoms with E-state index in [9.17, 15) is 13.2 Å². The SMILES string of the molecule is CCc1ccc(CN(Cc2cccnc2)C(=O)CCS(=O)(=O)c2ccc(C)cc2)cc1. The van der Waals surface area contributed by atoms with Crippen molar-refractivity contribution in [2.45, 2.75) is 44.7 Å². The molecule has 162 valence electrons. The van der Waals surface area contributed by atoms with Crippen LogP contribution in [0.5, 0.6) is 0 Å². The fraction of sp³-hybridized carbons (Fsp3) is 0.280. The van der Waals surface area contributed by atoms with Gasteiger partial charge in [0, 0.05) is 31.9 Å². The zero-order valence-corrected chi connectivity index (χ0v) is 18.8. The quantitative estimate of drug-likeness (QED) is 0.500. The molecule has 2 aromatic carbocycles. The second kappa shape index (κ2) is 10.4. The van der Waals surface area contributed by atoms with Gasteiger partial charge < -0.3 is 4.90 Å². The van der Waals surface area contributed by atoms with E-state index < -0.39 is 9.84 Å². The van der Waals surface area contributed by atoms with Gasteiger partial charge in [-0.2, -0.15) is 0 Å². The summed E-state index contributed by atoms with van der Waals surface area (Å²) in [5, 5.41) is 0. The predicted molar refractivity (Wildman–Crippen MR) is 122 cm³/mol. The Kier molecular flexibility index (Phi) is 7.58. The number of carbonyl (C=O) groups excluding carboxylic acids is 1. The van der Waals surface area contributed by atoms with Crippen LogP contribution >= 0.6 is 0 Å². The Labute approximate surface area is 184 Å². The summed E-state index contributed by atoms with van der Waals surface area (Å²) in [6.07, 6.45) is 4.30. The van der Waals surface area contributed by atoms with E-state index in [4.69, 9.17) is 0 Å². The van der Waals surface area contributed by atoms with Crippen LogP contribution in [0.15, 0.2) is 78.0 Å². The number of sulfone groups is 1. The van der Waals surface area contributed by atoms with Crippen molar-refractivity contribution in [3.8, 4) is 0 Å². The van der Waals surface area contributed by atoms with Crippen LogP contribution in [0, 0.1) is 6.92 Å². The minimum Gasteiger partial charge on any atom is -0.334 e. The summed E-state index contributed by atoms with van der Waals surface area (Å²) in [7, 11) is -3.52. The summed E-state index contributed by atoms with van der Waals surface area (Å²) < 4.78 is 25.4. The van der Waals surface area contributed by atoms with Crippen LogP contribution in [0.1, 0.15) is 35.6 Å². The maximum absolute atomic E-state index is 13.0. The van der Waals surface area contributed by atoms with Crippen molar-refractivity contribution in [2.75, 3.05) is 5.75 Å². The molecule has 0 saturated heterocycles. The first kappa shape index (κ1) is 22.7. The molecule has 5 nitrogen and oxygen atoms in total. The van der Waals surface area contributed by atoms with Crippen LogP contribution in [-0.2, 0) is 34.1 Å². The van der Waals surface area contributed by atoms with Crippen molar-refractivity contribution >= 4 is 15.7 Å². The molecule has 1 aromatic heterocycles. The van der Waals surface area contributed by atoms with Gasteiger partial charge in [-0.05, 0) is 48.2 Å². The van der Waals surface area contributed by atoms with Gasteiger partial charge in [-0.25, -0.2) is 8.42 Å². The molecule has 0 unspecified atom stereocenters. The Balaban J connectivity index is 1.73. The fourth-order valence-corrected chi connectivity index (χ4v) is 4.52. The molecule has 1 amide bonds. The van der Waals surface area contributed by atoms with E-state index in [0.717, 1.165) is 23.1 Å². The molecule has 31 heavy (non-hydrogen) atoms. The number of amides is 1. The number of rotatable bonds is 9. The van der Waals surface area contributed by atoms with Gasteiger partial charge in [0.15, 0.2) is 9.84 Å². The third kappa shape index (κ3) is 6.49. The monoisotopic (exact) mass is 436 g/mol. The van der Waals surface area contributed by atoms with Crippen LogP contribution in [0.3, 0.4) is 0 Å². The van der Waals surface area contributed by atoms with Crippen LogP contribution in [0.4, 0.5) is 0 Å². The third-order valence-corrected chi connectivity index (χ3v) is 6.95. The first-order valence-corrected chi connectivity index (χ1v) is 12.1. The standard InChI is InChI=1S/C25H28N2O3S/c1-3-21-8-10-22(11-9-21)18-27(19-23-5-4-15-26-17-23)25(28)14-16-31(29,30)24-12-6-20(2)7-13-24/h4-13,15,17H,3,14,16,18-19H2,1-2H3. The number of aromatic nitrogens is 1. The molecule has 0 bridgehead atoms. The largest absolute Gasteiger partial charge is 0.334 e. The molecule has 0 radical (unpaired) electrons. The van der Waals surface area contributed by atoms with Crippen LogP contribution < -0.4 is 0 Å². The van der Waals surface area contributed by atoms with E-state index in [2.05, 4.69) is 24.0 Å². The Morgan fingerprint density at radius 1 is 0.903 bits per heavy atom. The van der Waals surface area contributed by atoms with E-state index in [0.29, 0.717) is 13.1 Å². The second-order valence-electron chi connectivity index (χ2n) is 7.66. The molecular formula is C25H28N2O3S. The molecule has 0 aliphatic heterocycles. The number of aryl methyl sites for hydroxylation is 2. The smallest absolute Gasteiger partial charge is 0.224 e. The summed E-state index contributed by atoms with van der Waals surface area (Å²) in [5.74, 6) is -0.410. The number of benzene rings is 2. The highest BCUT2D eigenvalue weighted by Crippen LogP contribution is 2.16. The number of pyridine rings is 1. The van der Waals surface area contributed by atoms with Crippen LogP contribution in [0.25, 0.3) is 0 Å². The maximum Gasteiger partial charge on any atom is 0.224 e. The molecule has 0 fully saturated rings. The molecule has 1 heterocycles. The Hall–Kier alpha value is -2.99. The summed E-state index contributed by atoms with van der Waals surface area (Å²) in [4.78, 5) is 19.1. The summed E-state index contributed by atoms with van der Waals surface area (Å²) in [6, 6.07) is 18.6. The highest BCUT2D eigenvalue weighted by atomic mass is 32.2. The number of carbonyl (C=O) groups is 1. The number of hydrogen-bond donors (Lipinski definition) is 0. The number of hydrogen-bond acceptors (Lipinski definition) is 4. The van der Waals surface area contributed by atoms with Crippen molar-refractivity contribution in [1.29, 1.82) is 0 Å². The lowest BCUT2D eigenvalue weighted by Gasteiger charge is -2.23. The maximum atomic E-state index is 13.0. The molecule has 3 rings (SSSR count). The lowest BCUT2D eigenvalue weighted by atomic mass is 10.1.